The number of carbonyl (C=O) groups is 3. The van der Waals surface area contributed by atoms with Gasteiger partial charge < -0.3 is 25.2 Å². The summed E-state index contributed by atoms with van der Waals surface area (Å²) in [5, 5.41) is 8.88. The first kappa shape index (κ1) is 54.1. The third-order valence-corrected chi connectivity index (χ3v) is 8.97. The van der Waals surface area contributed by atoms with Gasteiger partial charge in [-0.25, -0.2) is 4.57 Å². The molecule has 0 amide bonds. The van der Waals surface area contributed by atoms with E-state index in [9.17, 15) is 23.8 Å². The molecule has 0 spiro atoms. The van der Waals surface area contributed by atoms with Crippen molar-refractivity contribution in [2.24, 2.45) is 5.73 Å². The topological polar surface area (TPSA) is 172 Å². The van der Waals surface area contributed by atoms with Crippen LogP contribution in [0.2, 0.25) is 0 Å². The lowest BCUT2D eigenvalue weighted by atomic mass is 10.1. The number of rotatable bonds is 37. The second kappa shape index (κ2) is 39.9. The van der Waals surface area contributed by atoms with Gasteiger partial charge in [0.25, 0.3) is 0 Å². The van der Waals surface area contributed by atoms with E-state index in [0.717, 1.165) is 89.9 Å². The van der Waals surface area contributed by atoms with Gasteiger partial charge in [-0.15, -0.1) is 0 Å². The number of hydrogen-bond donors (Lipinski definition) is 3. The summed E-state index contributed by atoms with van der Waals surface area (Å²) in [5.41, 5.74) is 5.32. The lowest BCUT2D eigenvalue weighted by Gasteiger charge is -2.20. The average Bonchev–Trinajstić information content (AvgIpc) is 3.20. The summed E-state index contributed by atoms with van der Waals surface area (Å²) in [4.78, 5) is 45.9. The Morgan fingerprint density at radius 2 is 0.914 bits per heavy atom. The highest BCUT2D eigenvalue weighted by Gasteiger charge is 2.28. The van der Waals surface area contributed by atoms with Gasteiger partial charge in [0.2, 0.25) is 0 Å². The molecule has 326 valence electrons. The largest absolute Gasteiger partial charge is 0.480 e. The van der Waals surface area contributed by atoms with E-state index in [0.29, 0.717) is 12.8 Å². The molecule has 0 aromatic carbocycles. The van der Waals surface area contributed by atoms with Crippen molar-refractivity contribution in [3.63, 3.8) is 0 Å². The van der Waals surface area contributed by atoms with Crippen LogP contribution in [0.5, 0.6) is 0 Å². The van der Waals surface area contributed by atoms with Crippen LogP contribution in [-0.4, -0.2) is 59.9 Å². The Kier molecular flexibility index (Phi) is 37.3. The zero-order valence-electron chi connectivity index (χ0n) is 35.1. The van der Waals surface area contributed by atoms with Crippen molar-refractivity contribution in [3.05, 3.63) is 109 Å². The normalized spacial score (nSPS) is 14.8. The number of esters is 2. The molecular formula is C46H72NO10P. The maximum atomic E-state index is 12.6. The van der Waals surface area contributed by atoms with E-state index < -0.39 is 51.1 Å². The first-order valence-electron chi connectivity index (χ1n) is 20.9. The molecule has 58 heavy (non-hydrogen) atoms. The summed E-state index contributed by atoms with van der Waals surface area (Å²) in [6, 6.07) is -1.54. The molecule has 0 saturated carbocycles. The molecule has 0 bridgehead atoms. The van der Waals surface area contributed by atoms with Crippen molar-refractivity contribution < 1.29 is 47.5 Å². The number of phosphoric ester groups is 1. The van der Waals surface area contributed by atoms with Gasteiger partial charge in [0.05, 0.1) is 13.2 Å². The molecule has 0 aromatic rings. The maximum absolute atomic E-state index is 12.6. The van der Waals surface area contributed by atoms with Crippen molar-refractivity contribution in [2.45, 2.75) is 142 Å². The van der Waals surface area contributed by atoms with E-state index >= 15 is 0 Å². The number of carboxylic acids is 1. The zero-order chi connectivity index (χ0) is 42.8. The van der Waals surface area contributed by atoms with Gasteiger partial charge in [0.1, 0.15) is 12.6 Å². The molecule has 1 unspecified atom stereocenters. The molecule has 4 N–H and O–H groups in total. The Morgan fingerprint density at radius 3 is 1.36 bits per heavy atom. The van der Waals surface area contributed by atoms with E-state index in [-0.39, 0.29) is 19.4 Å². The molecular weight excluding hydrogens is 757 g/mol. The van der Waals surface area contributed by atoms with E-state index in [1.54, 1.807) is 0 Å². The van der Waals surface area contributed by atoms with Crippen LogP contribution in [0.4, 0.5) is 0 Å². The third kappa shape index (κ3) is 39.0. The second-order valence-corrected chi connectivity index (χ2v) is 14.8. The molecule has 0 heterocycles. The van der Waals surface area contributed by atoms with Crippen LogP contribution in [-0.2, 0) is 37.5 Å². The summed E-state index contributed by atoms with van der Waals surface area (Å²) >= 11 is 0. The molecule has 0 aliphatic heterocycles. The number of aliphatic carboxylic acids is 1. The summed E-state index contributed by atoms with van der Waals surface area (Å²) in [7, 11) is -4.74. The van der Waals surface area contributed by atoms with Crippen LogP contribution in [0.1, 0.15) is 129 Å². The van der Waals surface area contributed by atoms with Crippen molar-refractivity contribution in [2.75, 3.05) is 19.8 Å². The molecule has 0 radical (unpaired) electrons. The summed E-state index contributed by atoms with van der Waals surface area (Å²) in [6.07, 6.45) is 51.6. The fourth-order valence-corrected chi connectivity index (χ4v) is 5.56. The molecule has 12 heteroatoms. The Balaban J connectivity index is 4.55. The molecule has 0 aromatic heterocycles. The van der Waals surface area contributed by atoms with E-state index in [1.807, 2.05) is 0 Å². The van der Waals surface area contributed by atoms with Crippen molar-refractivity contribution in [1.82, 2.24) is 0 Å². The number of unbranched alkanes of at least 4 members (excludes halogenated alkanes) is 5. The van der Waals surface area contributed by atoms with Gasteiger partial charge in [-0.2, -0.15) is 0 Å². The Labute approximate surface area is 348 Å². The smallest absolute Gasteiger partial charge is 0.472 e. The van der Waals surface area contributed by atoms with Crippen LogP contribution >= 0.6 is 7.82 Å². The first-order chi connectivity index (χ1) is 28.1. The molecule has 0 aliphatic rings. The minimum absolute atomic E-state index is 0.105. The van der Waals surface area contributed by atoms with Crippen LogP contribution in [0, 0.1) is 0 Å². The van der Waals surface area contributed by atoms with Crippen molar-refractivity contribution in [3.8, 4) is 0 Å². The van der Waals surface area contributed by atoms with Gasteiger partial charge >= 0.3 is 25.7 Å². The molecule has 11 nitrogen and oxygen atoms in total. The van der Waals surface area contributed by atoms with Gasteiger partial charge in [0, 0.05) is 12.8 Å². The lowest BCUT2D eigenvalue weighted by Crippen LogP contribution is -2.34. The fourth-order valence-electron chi connectivity index (χ4n) is 4.79. The predicted octanol–water partition coefficient (Wildman–Crippen LogP) is 11.1. The highest BCUT2D eigenvalue weighted by Crippen LogP contribution is 2.43. The minimum Gasteiger partial charge on any atom is -0.480 e. The number of ether oxygens (including phenoxy) is 2. The van der Waals surface area contributed by atoms with E-state index in [2.05, 4.69) is 128 Å². The quantitative estimate of drug-likeness (QED) is 0.0235. The zero-order valence-corrected chi connectivity index (χ0v) is 36.0. The number of carbonyl (C=O) groups excluding carboxylic acids is 2. The van der Waals surface area contributed by atoms with Crippen LogP contribution in [0.25, 0.3) is 0 Å². The lowest BCUT2D eigenvalue weighted by molar-refractivity contribution is -0.161. The first-order valence-corrected chi connectivity index (χ1v) is 22.4. The summed E-state index contributed by atoms with van der Waals surface area (Å²) in [5.74, 6) is -2.49. The van der Waals surface area contributed by atoms with Gasteiger partial charge in [-0.1, -0.05) is 130 Å². The number of allylic oxidation sites excluding steroid dienone is 18. The SMILES string of the molecule is CC/C=C\C/C=C\C/C=C\C/C=C\C/C=C\CCCCCC(=O)O[C@H](COC(=O)CCCC/C=C\C/C=C\C/C=C\C/C=C\CC)COP(=O)(O)OC[C@H](N)C(=O)O. The van der Waals surface area contributed by atoms with E-state index in [4.69, 9.17) is 24.8 Å². The molecule has 0 fully saturated rings. The standard InChI is InChI=1S/C46H72NO10P/c1-3-5-7-9-11-13-15-17-19-20-21-22-24-26-28-30-32-34-36-38-45(49)57-42(40-55-58(52,53)56-41-43(47)46(50)51)39-54-44(48)37-35-33-31-29-27-25-23-18-16-14-12-10-8-6-4-2/h5-8,11-14,17-19,21-23,26-29,42-43H,3-4,9-10,15-16,20,24-25,30-41,47H2,1-2H3,(H,50,51)(H,52,53)/b7-5-,8-6-,13-11-,14-12-,19-17-,22-21-,23-18-,28-26-,29-27-/t42-,43+/m1/s1. The highest BCUT2D eigenvalue weighted by molar-refractivity contribution is 7.47. The van der Waals surface area contributed by atoms with Crippen molar-refractivity contribution >= 4 is 25.7 Å². The minimum atomic E-state index is -4.74. The number of nitrogens with two attached hydrogens (primary N) is 1. The second-order valence-electron chi connectivity index (χ2n) is 13.4. The van der Waals surface area contributed by atoms with Gasteiger partial charge in [-0.05, 0) is 96.3 Å². The van der Waals surface area contributed by atoms with Gasteiger partial charge in [0.15, 0.2) is 6.10 Å². The van der Waals surface area contributed by atoms with Crippen LogP contribution < -0.4 is 5.73 Å². The average molecular weight is 830 g/mol. The van der Waals surface area contributed by atoms with Crippen molar-refractivity contribution in [1.29, 1.82) is 0 Å². The Hall–Kier alpha value is -3.86. The predicted molar refractivity (Wildman–Crippen MR) is 235 cm³/mol. The summed E-state index contributed by atoms with van der Waals surface area (Å²) in [6.45, 7) is 2.46. The van der Waals surface area contributed by atoms with Crippen LogP contribution in [0.3, 0.4) is 0 Å². The van der Waals surface area contributed by atoms with Crippen LogP contribution in [0.15, 0.2) is 109 Å². The molecule has 3 atom stereocenters. The van der Waals surface area contributed by atoms with E-state index in [1.165, 1.54) is 0 Å². The number of carboxylic acid groups (broad SMARTS) is 1. The number of phosphoric acid groups is 1. The molecule has 0 rings (SSSR count). The monoisotopic (exact) mass is 829 g/mol. The number of hydrogen-bond acceptors (Lipinski definition) is 9. The summed E-state index contributed by atoms with van der Waals surface area (Å²) < 4.78 is 32.6. The fraction of sp³-hybridized carbons (Fsp3) is 0.543. The highest BCUT2D eigenvalue weighted by atomic mass is 31.2. The Morgan fingerprint density at radius 1 is 0.534 bits per heavy atom. The molecule has 0 aliphatic carbocycles. The van der Waals surface area contributed by atoms with Gasteiger partial charge in [-0.3, -0.25) is 23.4 Å². The Bertz CT molecular complexity index is 1390. The maximum Gasteiger partial charge on any atom is 0.472 e. The third-order valence-electron chi connectivity index (χ3n) is 8.02. The molecule has 0 saturated heterocycles.